The zero-order chi connectivity index (χ0) is 15.7. The lowest BCUT2D eigenvalue weighted by molar-refractivity contribution is -0.199. The first kappa shape index (κ1) is 15.0. The minimum Gasteiger partial charge on any atom is -0.404 e. The van der Waals surface area contributed by atoms with Gasteiger partial charge in [0.05, 0.1) is 24.2 Å². The quantitative estimate of drug-likeness (QED) is 0.779. The van der Waals surface area contributed by atoms with Gasteiger partial charge >= 0.3 is 7.12 Å². The fourth-order valence-electron chi connectivity index (χ4n) is 5.57. The molecule has 2 N–H and O–H groups in total. The molecular weight excluding hydrogens is 279 g/mol. The van der Waals surface area contributed by atoms with Crippen molar-refractivity contribution in [3.8, 4) is 0 Å². The molecule has 3 saturated carbocycles. The van der Waals surface area contributed by atoms with Crippen molar-refractivity contribution in [1.82, 2.24) is 4.90 Å². The van der Waals surface area contributed by atoms with Gasteiger partial charge in [0.15, 0.2) is 0 Å². The van der Waals surface area contributed by atoms with Crippen LogP contribution in [0.15, 0.2) is 0 Å². The molecule has 122 valence electrons. The summed E-state index contributed by atoms with van der Waals surface area (Å²) in [5, 5.41) is 0. The highest BCUT2D eigenvalue weighted by Crippen LogP contribution is 2.65. The number of hydrogen-bond donors (Lipinski definition) is 1. The molecule has 0 aromatic heterocycles. The van der Waals surface area contributed by atoms with E-state index in [1.165, 1.54) is 6.42 Å². The first-order chi connectivity index (χ1) is 10.4. The summed E-state index contributed by atoms with van der Waals surface area (Å²) in [5.74, 6) is 1.37. The second-order valence-corrected chi connectivity index (χ2v) is 8.34. The van der Waals surface area contributed by atoms with E-state index in [0.717, 1.165) is 31.7 Å². The van der Waals surface area contributed by atoms with Crippen LogP contribution in [0.1, 0.15) is 46.5 Å². The van der Waals surface area contributed by atoms with Gasteiger partial charge < -0.3 is 19.9 Å². The van der Waals surface area contributed by atoms with Gasteiger partial charge in [0, 0.05) is 6.54 Å². The summed E-state index contributed by atoms with van der Waals surface area (Å²) >= 11 is 0. The van der Waals surface area contributed by atoms with Crippen LogP contribution >= 0.6 is 0 Å². The van der Waals surface area contributed by atoms with Crippen molar-refractivity contribution in [3.63, 3.8) is 0 Å². The Hall–Kier alpha value is -0.585. The molecule has 6 heteroatoms. The van der Waals surface area contributed by atoms with Crippen LogP contribution in [0.4, 0.5) is 0 Å². The van der Waals surface area contributed by atoms with Gasteiger partial charge in [-0.15, -0.1) is 0 Å². The summed E-state index contributed by atoms with van der Waals surface area (Å²) in [6.45, 7) is 7.81. The lowest BCUT2D eigenvalue weighted by Crippen LogP contribution is -2.65. The van der Waals surface area contributed by atoms with Gasteiger partial charge in [-0.3, -0.25) is 4.79 Å². The van der Waals surface area contributed by atoms with E-state index in [-0.39, 0.29) is 37.2 Å². The number of nitrogens with two attached hydrogens (primary N) is 1. The summed E-state index contributed by atoms with van der Waals surface area (Å²) < 4.78 is 12.8. The highest BCUT2D eigenvalue weighted by atomic mass is 16.7. The maximum Gasteiger partial charge on any atom is 0.481 e. The highest BCUT2D eigenvalue weighted by Gasteiger charge is 2.68. The molecular formula is C16H27BN2O3. The number of carbonyl (C=O) groups excluding carboxylic acids is 1. The third-order valence-corrected chi connectivity index (χ3v) is 7.08. The Kier molecular flexibility index (Phi) is 3.21. The minimum atomic E-state index is -0.275. The number of amides is 1. The number of rotatable bonds is 2. The molecule has 5 rings (SSSR count). The third-order valence-electron chi connectivity index (χ3n) is 7.08. The van der Waals surface area contributed by atoms with E-state index in [0.29, 0.717) is 11.3 Å². The van der Waals surface area contributed by atoms with Crippen molar-refractivity contribution < 1.29 is 14.1 Å². The van der Waals surface area contributed by atoms with E-state index in [1.807, 2.05) is 4.90 Å². The van der Waals surface area contributed by atoms with Gasteiger partial charge in [0.25, 0.3) is 0 Å². The smallest absolute Gasteiger partial charge is 0.404 e. The molecule has 5 fully saturated rings. The average molecular weight is 306 g/mol. The number of carbonyl (C=O) groups is 1. The molecule has 0 aromatic rings. The van der Waals surface area contributed by atoms with Crippen LogP contribution in [0.3, 0.4) is 0 Å². The molecule has 5 atom stereocenters. The van der Waals surface area contributed by atoms with Gasteiger partial charge in [-0.1, -0.05) is 13.8 Å². The molecule has 22 heavy (non-hydrogen) atoms. The van der Waals surface area contributed by atoms with Gasteiger partial charge in [0.1, 0.15) is 0 Å². The number of nitrogens with zero attached hydrogens (tertiary/aromatic N) is 1. The van der Waals surface area contributed by atoms with Crippen LogP contribution in [0.25, 0.3) is 0 Å². The second-order valence-electron chi connectivity index (χ2n) is 8.34. The Bertz CT molecular complexity index is 500. The van der Waals surface area contributed by atoms with Gasteiger partial charge in [0.2, 0.25) is 5.91 Å². The fraction of sp³-hybridized carbons (Fsp3) is 0.938. The maximum absolute atomic E-state index is 12.0. The highest BCUT2D eigenvalue weighted by molar-refractivity contribution is 6.48. The van der Waals surface area contributed by atoms with Crippen LogP contribution in [-0.2, 0) is 14.1 Å². The molecule has 0 aromatic carbocycles. The van der Waals surface area contributed by atoms with Crippen molar-refractivity contribution in [2.45, 2.75) is 64.1 Å². The normalized spacial score (nSPS) is 45.6. The van der Waals surface area contributed by atoms with E-state index < -0.39 is 0 Å². The van der Waals surface area contributed by atoms with E-state index in [1.54, 1.807) is 0 Å². The van der Waals surface area contributed by atoms with Crippen molar-refractivity contribution in [2.24, 2.45) is 23.0 Å². The lowest BCUT2D eigenvalue weighted by atomic mass is 9.43. The van der Waals surface area contributed by atoms with Crippen LogP contribution in [-0.4, -0.2) is 48.7 Å². The monoisotopic (exact) mass is 306 g/mol. The molecule has 2 unspecified atom stereocenters. The van der Waals surface area contributed by atoms with Crippen molar-refractivity contribution in [3.05, 3.63) is 0 Å². The standard InChI is InChI=1S/C16H27BN2O3/c1-15(2)10-7-11(15)16(3)12(8-10)21-17(22-16)13-5-4-6-19(13)14(20)9-18/h10-13H,4-9,18H2,1-3H3/t10-,11?,12+,13?,16-/m0/s1. The first-order valence-electron chi connectivity index (χ1n) is 8.70. The molecule has 2 aliphatic heterocycles. The Morgan fingerprint density at radius 3 is 2.82 bits per heavy atom. The molecule has 1 amide bonds. The van der Waals surface area contributed by atoms with Crippen molar-refractivity contribution in [1.29, 1.82) is 0 Å². The second kappa shape index (κ2) is 4.71. The molecule has 2 saturated heterocycles. The average Bonchev–Trinajstić information content (AvgIpc) is 3.08. The molecule has 5 nitrogen and oxygen atoms in total. The lowest BCUT2D eigenvalue weighted by Gasteiger charge is -2.64. The van der Waals surface area contributed by atoms with E-state index in [9.17, 15) is 4.79 Å². The van der Waals surface area contributed by atoms with Crippen LogP contribution in [0, 0.1) is 17.3 Å². The summed E-state index contributed by atoms with van der Waals surface area (Å²) in [5.41, 5.74) is 5.71. The summed E-state index contributed by atoms with van der Waals surface area (Å²) in [6.07, 6.45) is 4.50. The zero-order valence-electron chi connectivity index (χ0n) is 13.9. The zero-order valence-corrected chi connectivity index (χ0v) is 13.9. The van der Waals surface area contributed by atoms with E-state index in [4.69, 9.17) is 15.0 Å². The predicted molar refractivity (Wildman–Crippen MR) is 83.9 cm³/mol. The number of hydrogen-bond acceptors (Lipinski definition) is 4. The largest absolute Gasteiger partial charge is 0.481 e. The van der Waals surface area contributed by atoms with Gasteiger partial charge in [-0.2, -0.15) is 0 Å². The summed E-state index contributed by atoms with van der Waals surface area (Å²) in [4.78, 5) is 13.9. The summed E-state index contributed by atoms with van der Waals surface area (Å²) in [7, 11) is -0.275. The van der Waals surface area contributed by atoms with Crippen molar-refractivity contribution >= 4 is 13.0 Å². The van der Waals surface area contributed by atoms with Crippen LogP contribution in [0.5, 0.6) is 0 Å². The molecule has 3 aliphatic carbocycles. The Morgan fingerprint density at radius 1 is 1.36 bits per heavy atom. The van der Waals surface area contributed by atoms with Crippen molar-refractivity contribution in [2.75, 3.05) is 13.1 Å². The fourth-order valence-corrected chi connectivity index (χ4v) is 5.57. The van der Waals surface area contributed by atoms with Crippen LogP contribution < -0.4 is 5.73 Å². The molecule has 5 aliphatic rings. The van der Waals surface area contributed by atoms with Gasteiger partial charge in [-0.25, -0.2) is 0 Å². The third kappa shape index (κ3) is 1.80. The maximum atomic E-state index is 12.0. The van der Waals surface area contributed by atoms with E-state index >= 15 is 0 Å². The number of likely N-dealkylation sites (tertiary alicyclic amines) is 1. The Balaban J connectivity index is 1.54. The van der Waals surface area contributed by atoms with Gasteiger partial charge in [-0.05, 0) is 49.9 Å². The predicted octanol–water partition coefficient (Wildman–Crippen LogP) is 1.20. The Morgan fingerprint density at radius 2 is 2.14 bits per heavy atom. The molecule has 0 spiro atoms. The Labute approximate surface area is 133 Å². The first-order valence-corrected chi connectivity index (χ1v) is 8.70. The summed E-state index contributed by atoms with van der Waals surface area (Å²) in [6, 6.07) is 0. The SMILES string of the molecule is CC1(C)C2C[C@H]1C[C@H]1OB(C3CCCN3C(=O)CN)O[C@@]21C. The molecule has 2 heterocycles. The molecule has 0 radical (unpaired) electrons. The van der Waals surface area contributed by atoms with E-state index in [2.05, 4.69) is 20.8 Å². The minimum absolute atomic E-state index is 0.0133. The topological polar surface area (TPSA) is 64.8 Å². The van der Waals surface area contributed by atoms with Crippen LogP contribution in [0.2, 0.25) is 0 Å². The molecule has 2 bridgehead atoms.